The largest absolute Gasteiger partial charge is 0.508 e. The molecule has 6 heteroatoms. The molecule has 3 rings (SSSR count). The Kier molecular flexibility index (Phi) is 3.55. The van der Waals surface area contributed by atoms with Crippen molar-refractivity contribution < 1.29 is 5.11 Å². The summed E-state index contributed by atoms with van der Waals surface area (Å²) >= 11 is 0. The number of rotatable bonds is 2. The number of nitrogens with one attached hydrogen (secondary N) is 1. The third kappa shape index (κ3) is 2.58. The van der Waals surface area contributed by atoms with Gasteiger partial charge in [-0.1, -0.05) is 19.1 Å². The first-order valence-corrected chi connectivity index (χ1v) is 7.28. The maximum absolute atomic E-state index is 9.79. The van der Waals surface area contributed by atoms with Crippen LogP contribution in [0.25, 0.3) is 11.4 Å². The van der Waals surface area contributed by atoms with Gasteiger partial charge in [-0.2, -0.15) is 4.98 Å². The molecule has 1 aromatic carbocycles. The maximum Gasteiger partial charge on any atom is 0.245 e. The summed E-state index contributed by atoms with van der Waals surface area (Å²) in [5.41, 5.74) is 7.79. The molecule has 1 aromatic heterocycles. The molecule has 2 atom stereocenters. The SMILES string of the molecule is Cc1c(O)cccc1-c1nc(N2CCC(C)C(N)C2)n[nH]1. The smallest absolute Gasteiger partial charge is 0.245 e. The Balaban J connectivity index is 1.85. The van der Waals surface area contributed by atoms with Gasteiger partial charge in [0.15, 0.2) is 5.82 Å². The lowest BCUT2D eigenvalue weighted by Crippen LogP contribution is -2.48. The lowest BCUT2D eigenvalue weighted by molar-refractivity contribution is 0.376. The molecule has 1 saturated heterocycles. The van der Waals surface area contributed by atoms with Crippen LogP contribution in [0.3, 0.4) is 0 Å². The van der Waals surface area contributed by atoms with Crippen LogP contribution in [0.2, 0.25) is 0 Å². The predicted octanol–water partition coefficient (Wildman–Crippen LogP) is 1.66. The highest BCUT2D eigenvalue weighted by atomic mass is 16.3. The molecule has 2 aromatic rings. The number of aromatic nitrogens is 3. The highest BCUT2D eigenvalue weighted by Gasteiger charge is 2.25. The summed E-state index contributed by atoms with van der Waals surface area (Å²) in [5, 5.41) is 17.0. The van der Waals surface area contributed by atoms with Gasteiger partial charge in [-0.3, -0.25) is 5.10 Å². The van der Waals surface area contributed by atoms with Crippen molar-refractivity contribution in [3.8, 4) is 17.1 Å². The van der Waals surface area contributed by atoms with Crippen molar-refractivity contribution in [2.75, 3.05) is 18.0 Å². The van der Waals surface area contributed by atoms with Gasteiger partial charge in [-0.05, 0) is 25.3 Å². The molecule has 6 nitrogen and oxygen atoms in total. The van der Waals surface area contributed by atoms with E-state index in [4.69, 9.17) is 5.73 Å². The van der Waals surface area contributed by atoms with Crippen molar-refractivity contribution in [3.63, 3.8) is 0 Å². The van der Waals surface area contributed by atoms with Gasteiger partial charge in [0.25, 0.3) is 0 Å². The number of hydrogen-bond acceptors (Lipinski definition) is 5. The van der Waals surface area contributed by atoms with Crippen LogP contribution in [0.5, 0.6) is 5.75 Å². The van der Waals surface area contributed by atoms with Crippen molar-refractivity contribution in [3.05, 3.63) is 23.8 Å². The molecule has 2 heterocycles. The normalized spacial score (nSPS) is 22.5. The fraction of sp³-hybridized carbons (Fsp3) is 0.467. The minimum absolute atomic E-state index is 0.156. The molecule has 112 valence electrons. The Morgan fingerprint density at radius 2 is 2.24 bits per heavy atom. The number of aromatic amines is 1. The third-order valence-corrected chi connectivity index (χ3v) is 4.33. The van der Waals surface area contributed by atoms with Crippen LogP contribution in [0.4, 0.5) is 5.95 Å². The average Bonchev–Trinajstić information content (AvgIpc) is 2.94. The van der Waals surface area contributed by atoms with Gasteiger partial charge < -0.3 is 15.7 Å². The van der Waals surface area contributed by atoms with Crippen molar-refractivity contribution in [2.45, 2.75) is 26.3 Å². The van der Waals surface area contributed by atoms with E-state index in [0.29, 0.717) is 17.7 Å². The van der Waals surface area contributed by atoms with Crippen LogP contribution in [0.1, 0.15) is 18.9 Å². The van der Waals surface area contributed by atoms with E-state index in [1.165, 1.54) is 0 Å². The zero-order valence-corrected chi connectivity index (χ0v) is 12.4. The molecule has 0 radical (unpaired) electrons. The molecule has 1 aliphatic rings. The van der Waals surface area contributed by atoms with E-state index in [1.807, 2.05) is 13.0 Å². The Bertz CT molecular complexity index is 639. The number of H-pyrrole nitrogens is 1. The Hall–Kier alpha value is -2.08. The van der Waals surface area contributed by atoms with E-state index in [2.05, 4.69) is 27.0 Å². The number of nitrogens with two attached hydrogens (primary N) is 1. The van der Waals surface area contributed by atoms with Crippen LogP contribution >= 0.6 is 0 Å². The van der Waals surface area contributed by atoms with Crippen molar-refractivity contribution in [2.24, 2.45) is 11.7 Å². The first kappa shape index (κ1) is 13.9. The van der Waals surface area contributed by atoms with Gasteiger partial charge in [0.1, 0.15) is 5.75 Å². The standard InChI is InChI=1S/C15H21N5O/c1-9-6-7-20(8-12(9)16)15-17-14(18-19-15)11-4-3-5-13(21)10(11)2/h3-5,9,12,21H,6-8,16H2,1-2H3,(H,17,18,19). The summed E-state index contributed by atoms with van der Waals surface area (Å²) in [5.74, 6) is 2.15. The number of phenols is 1. The minimum atomic E-state index is 0.156. The lowest BCUT2D eigenvalue weighted by atomic mass is 9.95. The summed E-state index contributed by atoms with van der Waals surface area (Å²) in [6, 6.07) is 5.55. The van der Waals surface area contributed by atoms with Gasteiger partial charge in [0.2, 0.25) is 5.95 Å². The number of piperidine rings is 1. The molecule has 0 amide bonds. The Labute approximate surface area is 124 Å². The van der Waals surface area contributed by atoms with E-state index >= 15 is 0 Å². The summed E-state index contributed by atoms with van der Waals surface area (Å²) in [4.78, 5) is 6.67. The molecular formula is C15H21N5O. The highest BCUT2D eigenvalue weighted by Crippen LogP contribution is 2.28. The number of benzene rings is 1. The monoisotopic (exact) mass is 287 g/mol. The van der Waals surface area contributed by atoms with Crippen LogP contribution in [-0.2, 0) is 0 Å². The molecular weight excluding hydrogens is 266 g/mol. The van der Waals surface area contributed by atoms with Crippen LogP contribution in [-0.4, -0.2) is 39.4 Å². The van der Waals surface area contributed by atoms with Gasteiger partial charge in [0.05, 0.1) is 0 Å². The first-order chi connectivity index (χ1) is 10.1. The average molecular weight is 287 g/mol. The van der Waals surface area contributed by atoms with Crippen LogP contribution < -0.4 is 10.6 Å². The van der Waals surface area contributed by atoms with Crippen molar-refractivity contribution in [1.82, 2.24) is 15.2 Å². The van der Waals surface area contributed by atoms with Crippen LogP contribution in [0, 0.1) is 12.8 Å². The number of anilines is 1. The number of hydrogen-bond donors (Lipinski definition) is 3. The Morgan fingerprint density at radius 3 is 3.00 bits per heavy atom. The molecule has 21 heavy (non-hydrogen) atoms. The van der Waals surface area contributed by atoms with Gasteiger partial charge in [0, 0.05) is 30.3 Å². The highest BCUT2D eigenvalue weighted by molar-refractivity contribution is 5.64. The molecule has 1 fully saturated rings. The van der Waals surface area contributed by atoms with Gasteiger partial charge in [-0.25, -0.2) is 0 Å². The molecule has 0 bridgehead atoms. The summed E-state index contributed by atoms with van der Waals surface area (Å²) in [6.07, 6.45) is 1.05. The minimum Gasteiger partial charge on any atom is -0.508 e. The zero-order chi connectivity index (χ0) is 15.0. The topological polar surface area (TPSA) is 91.1 Å². The summed E-state index contributed by atoms with van der Waals surface area (Å²) < 4.78 is 0. The van der Waals surface area contributed by atoms with E-state index in [1.54, 1.807) is 12.1 Å². The summed E-state index contributed by atoms with van der Waals surface area (Å²) in [7, 11) is 0. The van der Waals surface area contributed by atoms with E-state index in [-0.39, 0.29) is 11.8 Å². The van der Waals surface area contributed by atoms with Crippen molar-refractivity contribution in [1.29, 1.82) is 0 Å². The Morgan fingerprint density at radius 1 is 1.43 bits per heavy atom. The van der Waals surface area contributed by atoms with E-state index in [9.17, 15) is 5.11 Å². The predicted molar refractivity (Wildman–Crippen MR) is 82.2 cm³/mol. The first-order valence-electron chi connectivity index (χ1n) is 7.28. The zero-order valence-electron chi connectivity index (χ0n) is 12.4. The lowest BCUT2D eigenvalue weighted by Gasteiger charge is -2.34. The summed E-state index contributed by atoms with van der Waals surface area (Å²) in [6.45, 7) is 5.75. The second-order valence-electron chi connectivity index (χ2n) is 5.81. The second-order valence-corrected chi connectivity index (χ2v) is 5.81. The van der Waals surface area contributed by atoms with Crippen LogP contribution in [0.15, 0.2) is 18.2 Å². The number of aromatic hydroxyl groups is 1. The number of nitrogens with zero attached hydrogens (tertiary/aromatic N) is 3. The maximum atomic E-state index is 9.79. The quantitative estimate of drug-likeness (QED) is 0.781. The molecule has 2 unspecified atom stereocenters. The third-order valence-electron chi connectivity index (χ3n) is 4.33. The van der Waals surface area contributed by atoms with Gasteiger partial charge >= 0.3 is 0 Å². The molecule has 4 N–H and O–H groups in total. The second kappa shape index (κ2) is 5.37. The fourth-order valence-electron chi connectivity index (χ4n) is 2.68. The van der Waals surface area contributed by atoms with Gasteiger partial charge in [-0.15, -0.1) is 5.10 Å². The number of phenolic OH excluding ortho intramolecular Hbond substituents is 1. The molecule has 1 aliphatic heterocycles. The van der Waals surface area contributed by atoms with Crippen molar-refractivity contribution >= 4 is 5.95 Å². The molecule has 0 spiro atoms. The van der Waals surface area contributed by atoms with E-state index < -0.39 is 0 Å². The fourth-order valence-corrected chi connectivity index (χ4v) is 2.68. The van der Waals surface area contributed by atoms with E-state index in [0.717, 1.165) is 30.6 Å². The molecule has 0 aliphatic carbocycles. The molecule has 0 saturated carbocycles.